The maximum atomic E-state index is 11.6. The second kappa shape index (κ2) is 7.19. The Kier molecular flexibility index (Phi) is 5.04. The number of ether oxygens (including phenoxy) is 3. The van der Waals surface area contributed by atoms with Crippen LogP contribution < -0.4 is 15.2 Å². The maximum Gasteiger partial charge on any atom is 0.344 e. The van der Waals surface area contributed by atoms with Gasteiger partial charge in [-0.25, -0.2) is 4.79 Å². The van der Waals surface area contributed by atoms with E-state index in [2.05, 4.69) is 0 Å². The highest BCUT2D eigenvalue weighted by atomic mass is 16.6. The van der Waals surface area contributed by atoms with Crippen LogP contribution in [0.3, 0.4) is 0 Å². The van der Waals surface area contributed by atoms with Crippen molar-refractivity contribution in [3.63, 3.8) is 0 Å². The summed E-state index contributed by atoms with van der Waals surface area (Å²) in [5.74, 6) is 0.730. The van der Waals surface area contributed by atoms with E-state index in [9.17, 15) is 4.79 Å². The lowest BCUT2D eigenvalue weighted by atomic mass is 10.2. The molecule has 2 rings (SSSR count). The number of nitrogen functional groups attached to an aromatic ring is 1. The van der Waals surface area contributed by atoms with E-state index in [4.69, 9.17) is 19.9 Å². The first kappa shape index (κ1) is 14.7. The monoisotopic (exact) mass is 287 g/mol. The van der Waals surface area contributed by atoms with Crippen LogP contribution in [0.5, 0.6) is 11.5 Å². The molecule has 5 heteroatoms. The molecule has 0 aliphatic rings. The van der Waals surface area contributed by atoms with Gasteiger partial charge in [0.15, 0.2) is 6.61 Å². The van der Waals surface area contributed by atoms with E-state index in [1.807, 2.05) is 24.3 Å². The number of esters is 1. The molecular formula is C16H17NO4. The number of rotatable bonds is 6. The van der Waals surface area contributed by atoms with Crippen LogP contribution >= 0.6 is 0 Å². The van der Waals surface area contributed by atoms with E-state index in [-0.39, 0.29) is 13.2 Å². The molecule has 0 heterocycles. The van der Waals surface area contributed by atoms with Gasteiger partial charge < -0.3 is 19.9 Å². The van der Waals surface area contributed by atoms with Crippen molar-refractivity contribution in [3.05, 3.63) is 54.1 Å². The minimum absolute atomic E-state index is 0.170. The Morgan fingerprint density at radius 1 is 1.14 bits per heavy atom. The Morgan fingerprint density at radius 3 is 2.71 bits per heavy atom. The molecule has 2 N–H and O–H groups in total. The Bertz CT molecular complexity index is 613. The normalized spacial score (nSPS) is 9.95. The van der Waals surface area contributed by atoms with Gasteiger partial charge in [0.25, 0.3) is 0 Å². The zero-order valence-corrected chi connectivity index (χ0v) is 11.7. The largest absolute Gasteiger partial charge is 0.497 e. The third-order valence-corrected chi connectivity index (χ3v) is 2.80. The molecule has 2 aromatic rings. The van der Waals surface area contributed by atoms with Gasteiger partial charge in [-0.15, -0.1) is 0 Å². The molecule has 0 aliphatic heterocycles. The molecule has 0 atom stereocenters. The van der Waals surface area contributed by atoms with E-state index in [1.54, 1.807) is 31.4 Å². The quantitative estimate of drug-likeness (QED) is 0.652. The van der Waals surface area contributed by atoms with Crippen molar-refractivity contribution in [2.75, 3.05) is 19.5 Å². The Balaban J connectivity index is 1.81. The van der Waals surface area contributed by atoms with Gasteiger partial charge >= 0.3 is 5.97 Å². The van der Waals surface area contributed by atoms with Gasteiger partial charge in [0, 0.05) is 0 Å². The number of carbonyl (C=O) groups is 1. The fourth-order valence-electron chi connectivity index (χ4n) is 1.72. The van der Waals surface area contributed by atoms with Gasteiger partial charge in [-0.1, -0.05) is 24.3 Å². The molecule has 0 saturated heterocycles. The molecule has 21 heavy (non-hydrogen) atoms. The minimum atomic E-state index is -0.457. The van der Waals surface area contributed by atoms with Crippen molar-refractivity contribution in [2.45, 2.75) is 6.61 Å². The summed E-state index contributed by atoms with van der Waals surface area (Å²) in [6.45, 7) is -0.0121. The fraction of sp³-hybridized carbons (Fsp3) is 0.188. The number of hydrogen-bond acceptors (Lipinski definition) is 5. The smallest absolute Gasteiger partial charge is 0.344 e. The predicted octanol–water partition coefficient (Wildman–Crippen LogP) is 2.40. The molecule has 0 aliphatic carbocycles. The number of methoxy groups -OCH3 is 1. The minimum Gasteiger partial charge on any atom is -0.497 e. The first-order valence-corrected chi connectivity index (χ1v) is 6.45. The number of para-hydroxylation sites is 2. The second-order valence-corrected chi connectivity index (χ2v) is 4.34. The van der Waals surface area contributed by atoms with Crippen molar-refractivity contribution in [1.29, 1.82) is 0 Å². The van der Waals surface area contributed by atoms with Gasteiger partial charge in [0.1, 0.15) is 18.1 Å². The van der Waals surface area contributed by atoms with E-state index in [0.717, 1.165) is 11.3 Å². The molecule has 2 aromatic carbocycles. The number of anilines is 1. The van der Waals surface area contributed by atoms with Crippen molar-refractivity contribution < 1.29 is 19.0 Å². The summed E-state index contributed by atoms with van der Waals surface area (Å²) >= 11 is 0. The Hall–Kier alpha value is -2.69. The maximum absolute atomic E-state index is 11.6. The zero-order chi connectivity index (χ0) is 15.1. The van der Waals surface area contributed by atoms with Gasteiger partial charge in [0.05, 0.1) is 12.8 Å². The second-order valence-electron chi connectivity index (χ2n) is 4.34. The first-order valence-electron chi connectivity index (χ1n) is 6.45. The highest BCUT2D eigenvalue weighted by Gasteiger charge is 2.07. The summed E-state index contributed by atoms with van der Waals surface area (Å²) in [4.78, 5) is 11.6. The third-order valence-electron chi connectivity index (χ3n) is 2.80. The van der Waals surface area contributed by atoms with Crippen molar-refractivity contribution in [3.8, 4) is 11.5 Å². The van der Waals surface area contributed by atoms with Crippen LogP contribution in [0.25, 0.3) is 0 Å². The summed E-state index contributed by atoms with van der Waals surface area (Å²) in [5, 5.41) is 0. The van der Waals surface area contributed by atoms with E-state index in [1.165, 1.54) is 0 Å². The lowest BCUT2D eigenvalue weighted by Crippen LogP contribution is -2.15. The van der Waals surface area contributed by atoms with Crippen LogP contribution in [-0.2, 0) is 16.1 Å². The molecular weight excluding hydrogens is 270 g/mol. The highest BCUT2D eigenvalue weighted by Crippen LogP contribution is 2.19. The Labute approximate surface area is 123 Å². The molecule has 0 radical (unpaired) electrons. The van der Waals surface area contributed by atoms with E-state index >= 15 is 0 Å². The topological polar surface area (TPSA) is 70.8 Å². The predicted molar refractivity (Wildman–Crippen MR) is 79.1 cm³/mol. The molecule has 0 unspecified atom stereocenters. The Morgan fingerprint density at radius 2 is 1.95 bits per heavy atom. The van der Waals surface area contributed by atoms with Crippen LogP contribution in [0.15, 0.2) is 48.5 Å². The van der Waals surface area contributed by atoms with Crippen LogP contribution in [0.2, 0.25) is 0 Å². The van der Waals surface area contributed by atoms with Crippen molar-refractivity contribution in [2.24, 2.45) is 0 Å². The molecule has 0 spiro atoms. The summed E-state index contributed by atoms with van der Waals surface area (Å²) in [5.41, 5.74) is 7.05. The summed E-state index contributed by atoms with van der Waals surface area (Å²) in [6.07, 6.45) is 0. The van der Waals surface area contributed by atoms with E-state index < -0.39 is 5.97 Å². The third kappa shape index (κ3) is 4.42. The van der Waals surface area contributed by atoms with Crippen LogP contribution in [0.1, 0.15) is 5.56 Å². The molecule has 110 valence electrons. The average Bonchev–Trinajstić information content (AvgIpc) is 2.52. The zero-order valence-electron chi connectivity index (χ0n) is 11.7. The van der Waals surface area contributed by atoms with Crippen molar-refractivity contribution >= 4 is 11.7 Å². The molecule has 0 bridgehead atoms. The molecule has 0 aromatic heterocycles. The molecule has 0 saturated carbocycles. The fourth-order valence-corrected chi connectivity index (χ4v) is 1.72. The van der Waals surface area contributed by atoms with Gasteiger partial charge in [-0.2, -0.15) is 0 Å². The van der Waals surface area contributed by atoms with Gasteiger partial charge in [-0.05, 0) is 29.8 Å². The summed E-state index contributed by atoms with van der Waals surface area (Å²) < 4.78 is 15.5. The number of carbonyl (C=O) groups excluding carboxylic acids is 1. The number of nitrogens with two attached hydrogens (primary N) is 1. The lowest BCUT2D eigenvalue weighted by Gasteiger charge is -2.09. The summed E-state index contributed by atoms with van der Waals surface area (Å²) in [7, 11) is 1.59. The van der Waals surface area contributed by atoms with Gasteiger partial charge in [-0.3, -0.25) is 0 Å². The summed E-state index contributed by atoms with van der Waals surface area (Å²) in [6, 6.07) is 14.3. The standard InChI is InChI=1S/C16H17NO4/c1-19-13-6-4-5-12(9-13)10-21-16(18)11-20-15-8-3-2-7-14(15)17/h2-9H,10-11,17H2,1H3. The molecule has 5 nitrogen and oxygen atoms in total. The first-order chi connectivity index (χ1) is 10.2. The molecule has 0 amide bonds. The van der Waals surface area contributed by atoms with Crippen LogP contribution in [-0.4, -0.2) is 19.7 Å². The van der Waals surface area contributed by atoms with Crippen molar-refractivity contribution in [1.82, 2.24) is 0 Å². The highest BCUT2D eigenvalue weighted by molar-refractivity contribution is 5.71. The number of benzene rings is 2. The van der Waals surface area contributed by atoms with Crippen LogP contribution in [0, 0.1) is 0 Å². The lowest BCUT2D eigenvalue weighted by molar-refractivity contribution is -0.147. The van der Waals surface area contributed by atoms with E-state index in [0.29, 0.717) is 11.4 Å². The van der Waals surface area contributed by atoms with Gasteiger partial charge in [0.2, 0.25) is 0 Å². The van der Waals surface area contributed by atoms with Crippen LogP contribution in [0.4, 0.5) is 5.69 Å². The average molecular weight is 287 g/mol. The molecule has 0 fully saturated rings. The number of hydrogen-bond donors (Lipinski definition) is 1. The SMILES string of the molecule is COc1cccc(COC(=O)COc2ccccc2N)c1.